The van der Waals surface area contributed by atoms with Crippen molar-refractivity contribution in [2.24, 2.45) is 0 Å². The number of hydrogen-bond donors (Lipinski definition) is 1. The van der Waals surface area contributed by atoms with Crippen molar-refractivity contribution in [2.75, 3.05) is 6.61 Å². The van der Waals surface area contributed by atoms with Gasteiger partial charge in [-0.05, 0) is 53.3 Å². The van der Waals surface area contributed by atoms with E-state index in [9.17, 15) is 4.39 Å². The molecule has 1 aliphatic rings. The molecule has 8 nitrogen and oxygen atoms in total. The van der Waals surface area contributed by atoms with E-state index in [2.05, 4.69) is 10.2 Å². The Bertz CT molecular complexity index is 2050. The van der Waals surface area contributed by atoms with Gasteiger partial charge < -0.3 is 28.4 Å². The van der Waals surface area contributed by atoms with Gasteiger partial charge in [-0.1, -0.05) is 133 Å². The summed E-state index contributed by atoms with van der Waals surface area (Å²) in [7, 11) is 0. The summed E-state index contributed by atoms with van der Waals surface area (Å²) >= 11 is 0. The van der Waals surface area contributed by atoms with Crippen LogP contribution in [0.1, 0.15) is 44.6 Å². The van der Waals surface area contributed by atoms with Gasteiger partial charge in [0.25, 0.3) is 0 Å². The molecule has 0 unspecified atom stereocenters. The molecule has 0 radical (unpaired) electrons. The van der Waals surface area contributed by atoms with Crippen LogP contribution in [0.2, 0.25) is 0 Å². The van der Waals surface area contributed by atoms with Gasteiger partial charge in [-0.15, -0.1) is 5.10 Å². The van der Waals surface area contributed by atoms with Crippen LogP contribution in [-0.2, 0) is 56.5 Å². The average Bonchev–Trinajstić information content (AvgIpc) is 3.56. The first kappa shape index (κ1) is 38.1. The Morgan fingerprint density at radius 2 is 1.11 bits per heavy atom. The predicted molar refractivity (Wildman–Crippen MR) is 208 cm³/mol. The van der Waals surface area contributed by atoms with E-state index in [0.29, 0.717) is 37.7 Å². The van der Waals surface area contributed by atoms with Crippen molar-refractivity contribution in [3.8, 4) is 5.88 Å². The minimum atomic E-state index is -0.984. The quantitative estimate of drug-likeness (QED) is 0.100. The van der Waals surface area contributed by atoms with Crippen LogP contribution in [0.5, 0.6) is 5.88 Å². The zero-order chi connectivity index (χ0) is 37.8. The molecule has 9 heteroatoms. The molecule has 0 spiro atoms. The summed E-state index contributed by atoms with van der Waals surface area (Å²) in [5.41, 5.74) is 7.01. The van der Waals surface area contributed by atoms with Gasteiger partial charge in [-0.3, -0.25) is 5.10 Å². The molecule has 1 aliphatic heterocycles. The van der Waals surface area contributed by atoms with Gasteiger partial charge in [0.1, 0.15) is 30.2 Å². The first-order valence-corrected chi connectivity index (χ1v) is 18.7. The zero-order valence-electron chi connectivity index (χ0n) is 31.2. The van der Waals surface area contributed by atoms with E-state index in [1.165, 1.54) is 0 Å². The Hall–Kier alpha value is -5.16. The highest BCUT2D eigenvalue weighted by Crippen LogP contribution is 2.34. The summed E-state index contributed by atoms with van der Waals surface area (Å²) < 4.78 is 55.0. The third-order valence-electron chi connectivity index (χ3n) is 9.72. The van der Waals surface area contributed by atoms with Crippen molar-refractivity contribution in [3.05, 3.63) is 190 Å². The number of hydrogen-bond acceptors (Lipinski definition) is 7. The maximum atomic E-state index is 14.6. The molecule has 0 saturated carbocycles. The second-order valence-corrected chi connectivity index (χ2v) is 13.8. The fraction of sp³-hybridized carbons (Fsp3) is 0.283. The minimum Gasteiger partial charge on any atom is -0.443 e. The Balaban J connectivity index is 1.23. The molecule has 7 rings (SSSR count). The van der Waals surface area contributed by atoms with Crippen LogP contribution >= 0.6 is 0 Å². The summed E-state index contributed by atoms with van der Waals surface area (Å²) in [6, 6.07) is 45.2. The highest BCUT2D eigenvalue weighted by Gasteiger charge is 2.50. The molecule has 0 amide bonds. The monoisotopic (exact) mass is 742 g/mol. The van der Waals surface area contributed by atoms with Gasteiger partial charge in [0.15, 0.2) is 0 Å². The minimum absolute atomic E-state index is 0.194. The van der Waals surface area contributed by atoms with Crippen molar-refractivity contribution in [3.63, 3.8) is 0 Å². The molecule has 6 aromatic rings. The molecule has 1 aromatic heterocycles. The predicted octanol–water partition coefficient (Wildman–Crippen LogP) is 8.83. The van der Waals surface area contributed by atoms with E-state index in [1.807, 2.05) is 134 Å². The van der Waals surface area contributed by atoms with Crippen molar-refractivity contribution < 1.29 is 32.8 Å². The van der Waals surface area contributed by atoms with E-state index >= 15 is 0 Å². The Morgan fingerprint density at radius 1 is 0.600 bits per heavy atom. The normalized spacial score (nSPS) is 19.7. The van der Waals surface area contributed by atoms with E-state index in [-0.39, 0.29) is 19.0 Å². The number of aromatic amines is 1. The highest BCUT2D eigenvalue weighted by molar-refractivity contribution is 5.37. The molecule has 0 bridgehead atoms. The molecule has 5 atom stereocenters. The number of benzene rings is 5. The first-order chi connectivity index (χ1) is 27.0. The van der Waals surface area contributed by atoms with Gasteiger partial charge in [0, 0.05) is 17.7 Å². The lowest BCUT2D eigenvalue weighted by molar-refractivity contribution is -0.310. The lowest BCUT2D eigenvalue weighted by atomic mass is 9.97. The number of aromatic nitrogens is 2. The molecule has 1 saturated heterocycles. The maximum absolute atomic E-state index is 14.6. The molecular weight excluding hydrogens is 696 g/mol. The van der Waals surface area contributed by atoms with Crippen LogP contribution in [0, 0.1) is 19.7 Å². The number of nitrogens with zero attached hydrogens (tertiary/aromatic N) is 1. The van der Waals surface area contributed by atoms with Gasteiger partial charge in [0.2, 0.25) is 12.2 Å². The summed E-state index contributed by atoms with van der Waals surface area (Å²) in [5, 5.41) is 7.63. The number of rotatable bonds is 17. The molecule has 1 fully saturated rings. The van der Waals surface area contributed by atoms with Crippen molar-refractivity contribution in [1.82, 2.24) is 10.2 Å². The molecule has 1 N–H and O–H groups in total. The van der Waals surface area contributed by atoms with Crippen LogP contribution < -0.4 is 4.74 Å². The first-order valence-electron chi connectivity index (χ1n) is 18.7. The van der Waals surface area contributed by atoms with Crippen LogP contribution in [0.15, 0.2) is 140 Å². The molecule has 2 heterocycles. The number of aryl methyl sites for hydroxylation is 2. The summed E-state index contributed by atoms with van der Waals surface area (Å²) in [4.78, 5) is 0. The van der Waals surface area contributed by atoms with E-state index in [1.54, 1.807) is 19.1 Å². The highest BCUT2D eigenvalue weighted by atomic mass is 19.1. The average molecular weight is 743 g/mol. The summed E-state index contributed by atoms with van der Waals surface area (Å²) in [6.45, 7) is 5.15. The van der Waals surface area contributed by atoms with Crippen LogP contribution in [0.3, 0.4) is 0 Å². The summed E-state index contributed by atoms with van der Waals surface area (Å²) in [6.07, 6.45) is -3.25. The molecule has 284 valence electrons. The Morgan fingerprint density at radius 3 is 1.65 bits per heavy atom. The van der Waals surface area contributed by atoms with E-state index in [0.717, 1.165) is 39.1 Å². The van der Waals surface area contributed by atoms with Crippen molar-refractivity contribution >= 4 is 0 Å². The van der Waals surface area contributed by atoms with Crippen LogP contribution in [0.25, 0.3) is 0 Å². The number of H-pyrrole nitrogens is 1. The van der Waals surface area contributed by atoms with Gasteiger partial charge in [-0.2, -0.15) is 0 Å². The lowest BCUT2D eigenvalue weighted by Gasteiger charge is -2.45. The largest absolute Gasteiger partial charge is 0.443 e. The topological polar surface area (TPSA) is 84.1 Å². The number of ether oxygens (including phenoxy) is 6. The third kappa shape index (κ3) is 10.3. The lowest BCUT2D eigenvalue weighted by Crippen LogP contribution is -2.62. The summed E-state index contributed by atoms with van der Waals surface area (Å²) in [5.74, 6) is 0.0793. The second-order valence-electron chi connectivity index (χ2n) is 13.8. The Kier molecular flexibility index (Phi) is 13.1. The van der Waals surface area contributed by atoms with Crippen molar-refractivity contribution in [1.29, 1.82) is 0 Å². The van der Waals surface area contributed by atoms with E-state index < -0.39 is 30.7 Å². The van der Waals surface area contributed by atoms with Crippen molar-refractivity contribution in [2.45, 2.75) is 77.4 Å². The van der Waals surface area contributed by atoms with Gasteiger partial charge >= 0.3 is 0 Å². The fourth-order valence-electron chi connectivity index (χ4n) is 6.64. The molecule has 55 heavy (non-hydrogen) atoms. The van der Waals surface area contributed by atoms with E-state index in [4.69, 9.17) is 28.4 Å². The van der Waals surface area contributed by atoms with Gasteiger partial charge in [-0.25, -0.2) is 4.39 Å². The molecule has 0 aliphatic carbocycles. The molecular formula is C46H47FN2O6. The smallest absolute Gasteiger partial charge is 0.238 e. The van der Waals surface area contributed by atoms with Crippen LogP contribution in [-0.4, -0.2) is 47.5 Å². The Labute approximate surface area is 322 Å². The SMILES string of the molecule is Cc1ccc(Cc2c(O[C@@H]3O[C@H](COCc4ccccc4)[C@@H](OCc4ccccc4)[C@H](OCc4ccccc4)[C@H]3OCc3ccccc3)n[nH]c2C)cc1F. The number of halogens is 1. The molecule has 5 aromatic carbocycles. The zero-order valence-corrected chi connectivity index (χ0v) is 31.2. The van der Waals surface area contributed by atoms with Crippen LogP contribution in [0.4, 0.5) is 4.39 Å². The third-order valence-corrected chi connectivity index (χ3v) is 9.72. The fourth-order valence-corrected chi connectivity index (χ4v) is 6.64. The second kappa shape index (κ2) is 18.9. The maximum Gasteiger partial charge on any atom is 0.238 e. The standard InChI is InChI=1S/C46H47FN2O6/c1-32-23-24-38(26-40(32)47)25-39-33(2)48-49-45(39)55-46-44(53-30-37-21-13-6-14-22-37)43(52-29-36-19-11-5-12-20-36)42(51-28-35-17-9-4-10-18-35)41(54-46)31-50-27-34-15-7-3-8-16-34/h3-24,26,41-44,46H,25,27-31H2,1-2H3,(H,48,49)/t41-,42-,43+,44-,46+/m1/s1. The number of nitrogens with one attached hydrogen (secondary N) is 1. The van der Waals surface area contributed by atoms with Gasteiger partial charge in [0.05, 0.1) is 33.0 Å².